The molecule has 0 spiro atoms. The number of hydrogen-bond acceptors (Lipinski definition) is 5. The second kappa shape index (κ2) is 7.20. The van der Waals surface area contributed by atoms with E-state index in [0.29, 0.717) is 5.56 Å². The Labute approximate surface area is 134 Å². The summed E-state index contributed by atoms with van der Waals surface area (Å²) in [6.07, 6.45) is -0.614. The molecule has 24 heavy (non-hydrogen) atoms. The van der Waals surface area contributed by atoms with E-state index in [9.17, 15) is 22.4 Å². The fourth-order valence-electron chi connectivity index (χ4n) is 1.71. The van der Waals surface area contributed by atoms with Crippen molar-refractivity contribution in [1.29, 1.82) is 0 Å². The van der Waals surface area contributed by atoms with E-state index in [1.165, 1.54) is 13.1 Å². The molecule has 2 heterocycles. The Bertz CT molecular complexity index is 708. The van der Waals surface area contributed by atoms with Crippen LogP contribution in [-0.4, -0.2) is 39.6 Å². The maximum Gasteiger partial charge on any atom is 0.405 e. The maximum atomic E-state index is 13.8. The summed E-state index contributed by atoms with van der Waals surface area (Å²) in [5, 5.41) is 4.14. The lowest BCUT2D eigenvalue weighted by molar-refractivity contribution is -0.138. The standard InChI is InChI=1S/C14H13F4N5O/c1-8(13(24)21-7-14(16,17)18)22-12-10(15)6-20-11(23-12)9-3-2-4-19-5-9/h2-6,8H,7H2,1H3,(H,21,24)(H,20,22,23)/t8-/m0/s1. The predicted octanol–water partition coefficient (Wildman–Crippen LogP) is 2.16. The van der Waals surface area contributed by atoms with Gasteiger partial charge in [0, 0.05) is 18.0 Å². The van der Waals surface area contributed by atoms with Crippen molar-refractivity contribution in [3.05, 3.63) is 36.5 Å². The highest BCUT2D eigenvalue weighted by Crippen LogP contribution is 2.18. The molecule has 0 aromatic carbocycles. The van der Waals surface area contributed by atoms with Gasteiger partial charge in [-0.3, -0.25) is 9.78 Å². The van der Waals surface area contributed by atoms with Crippen molar-refractivity contribution < 1.29 is 22.4 Å². The largest absolute Gasteiger partial charge is 0.405 e. The molecule has 0 saturated heterocycles. The lowest BCUT2D eigenvalue weighted by Crippen LogP contribution is -2.42. The number of alkyl halides is 3. The summed E-state index contributed by atoms with van der Waals surface area (Å²) in [6.45, 7) is -0.179. The van der Waals surface area contributed by atoms with Crippen molar-refractivity contribution >= 4 is 11.7 Å². The number of hydrogen-bond donors (Lipinski definition) is 2. The first-order valence-corrected chi connectivity index (χ1v) is 6.80. The van der Waals surface area contributed by atoms with Crippen molar-refractivity contribution in [3.8, 4) is 11.4 Å². The quantitative estimate of drug-likeness (QED) is 0.814. The third kappa shape index (κ3) is 4.86. The van der Waals surface area contributed by atoms with E-state index < -0.39 is 30.5 Å². The highest BCUT2D eigenvalue weighted by Gasteiger charge is 2.29. The van der Waals surface area contributed by atoms with Gasteiger partial charge >= 0.3 is 6.18 Å². The first-order chi connectivity index (χ1) is 11.3. The Morgan fingerprint density at radius 1 is 1.33 bits per heavy atom. The molecule has 0 aliphatic carbocycles. The summed E-state index contributed by atoms with van der Waals surface area (Å²) < 4.78 is 50.0. The monoisotopic (exact) mass is 343 g/mol. The molecule has 0 saturated carbocycles. The van der Waals surface area contributed by atoms with Gasteiger partial charge in [0.1, 0.15) is 12.6 Å². The zero-order chi connectivity index (χ0) is 17.7. The topological polar surface area (TPSA) is 79.8 Å². The Kier molecular flexibility index (Phi) is 5.27. The summed E-state index contributed by atoms with van der Waals surface area (Å²) in [5.41, 5.74) is 0.523. The normalized spacial score (nSPS) is 12.5. The molecule has 128 valence electrons. The van der Waals surface area contributed by atoms with Gasteiger partial charge in [-0.2, -0.15) is 13.2 Å². The van der Waals surface area contributed by atoms with Crippen LogP contribution in [-0.2, 0) is 4.79 Å². The molecule has 2 aromatic heterocycles. The minimum Gasteiger partial charge on any atom is -0.356 e. The molecule has 2 rings (SSSR count). The zero-order valence-electron chi connectivity index (χ0n) is 12.4. The van der Waals surface area contributed by atoms with Gasteiger partial charge < -0.3 is 10.6 Å². The fraction of sp³-hybridized carbons (Fsp3) is 0.286. The van der Waals surface area contributed by atoms with Crippen molar-refractivity contribution in [2.45, 2.75) is 19.1 Å². The van der Waals surface area contributed by atoms with Gasteiger partial charge in [-0.15, -0.1) is 0 Å². The number of rotatable bonds is 5. The average molecular weight is 343 g/mol. The minimum absolute atomic E-state index is 0.162. The van der Waals surface area contributed by atoms with Crippen LogP contribution in [0.5, 0.6) is 0 Å². The van der Waals surface area contributed by atoms with Crippen molar-refractivity contribution in [3.63, 3.8) is 0 Å². The van der Waals surface area contributed by atoms with E-state index in [2.05, 4.69) is 20.3 Å². The van der Waals surface area contributed by atoms with Gasteiger partial charge in [0.2, 0.25) is 5.91 Å². The van der Waals surface area contributed by atoms with Crippen LogP contribution in [0.2, 0.25) is 0 Å². The van der Waals surface area contributed by atoms with Crippen molar-refractivity contribution in [1.82, 2.24) is 20.3 Å². The van der Waals surface area contributed by atoms with Crippen LogP contribution in [0.1, 0.15) is 6.92 Å². The maximum absolute atomic E-state index is 13.8. The Morgan fingerprint density at radius 2 is 2.08 bits per heavy atom. The number of carbonyl (C=O) groups is 1. The second-order valence-corrected chi connectivity index (χ2v) is 4.83. The summed E-state index contributed by atoms with van der Waals surface area (Å²) in [4.78, 5) is 23.2. The van der Waals surface area contributed by atoms with Gasteiger partial charge in [-0.1, -0.05) is 0 Å². The number of carbonyl (C=O) groups excluding carboxylic acids is 1. The molecule has 0 radical (unpaired) electrons. The molecule has 6 nitrogen and oxygen atoms in total. The lowest BCUT2D eigenvalue weighted by atomic mass is 10.2. The number of halogens is 4. The molecule has 10 heteroatoms. The smallest absolute Gasteiger partial charge is 0.356 e. The van der Waals surface area contributed by atoms with Crippen molar-refractivity contribution in [2.75, 3.05) is 11.9 Å². The van der Waals surface area contributed by atoms with E-state index in [1.807, 2.05) is 0 Å². The zero-order valence-corrected chi connectivity index (χ0v) is 12.4. The molecular formula is C14H13F4N5O. The van der Waals surface area contributed by atoms with E-state index in [1.54, 1.807) is 23.6 Å². The van der Waals surface area contributed by atoms with Crippen LogP contribution in [0.4, 0.5) is 23.4 Å². The van der Waals surface area contributed by atoms with Crippen LogP contribution in [0.25, 0.3) is 11.4 Å². The fourth-order valence-corrected chi connectivity index (χ4v) is 1.71. The Hall–Kier alpha value is -2.78. The third-order valence-electron chi connectivity index (χ3n) is 2.87. The molecule has 1 amide bonds. The summed E-state index contributed by atoms with van der Waals surface area (Å²) in [6, 6.07) is 2.17. The van der Waals surface area contributed by atoms with Gasteiger partial charge in [0.05, 0.1) is 6.20 Å². The van der Waals surface area contributed by atoms with Crippen molar-refractivity contribution in [2.24, 2.45) is 0 Å². The third-order valence-corrected chi connectivity index (χ3v) is 2.87. The van der Waals surface area contributed by atoms with Gasteiger partial charge in [-0.25, -0.2) is 14.4 Å². The minimum atomic E-state index is -4.52. The predicted molar refractivity (Wildman–Crippen MR) is 77.4 cm³/mol. The van der Waals surface area contributed by atoms with Crippen LogP contribution < -0.4 is 10.6 Å². The van der Waals surface area contributed by atoms with E-state index in [-0.39, 0.29) is 11.6 Å². The van der Waals surface area contributed by atoms with E-state index in [4.69, 9.17) is 0 Å². The molecule has 1 atom stereocenters. The molecule has 0 aliphatic rings. The molecule has 0 aliphatic heterocycles. The molecule has 2 aromatic rings. The number of pyridine rings is 1. The second-order valence-electron chi connectivity index (χ2n) is 4.83. The van der Waals surface area contributed by atoms with Crippen LogP contribution in [0, 0.1) is 5.82 Å². The lowest BCUT2D eigenvalue weighted by Gasteiger charge is -2.16. The van der Waals surface area contributed by atoms with Crippen LogP contribution >= 0.6 is 0 Å². The highest BCUT2D eigenvalue weighted by molar-refractivity contribution is 5.84. The van der Waals surface area contributed by atoms with Gasteiger partial charge in [0.25, 0.3) is 0 Å². The van der Waals surface area contributed by atoms with Crippen LogP contribution in [0.3, 0.4) is 0 Å². The molecule has 0 unspecified atom stereocenters. The van der Waals surface area contributed by atoms with Crippen LogP contribution in [0.15, 0.2) is 30.7 Å². The molecule has 2 N–H and O–H groups in total. The Balaban J connectivity index is 2.10. The number of anilines is 1. The first kappa shape index (κ1) is 17.6. The molecular weight excluding hydrogens is 330 g/mol. The Morgan fingerprint density at radius 3 is 2.71 bits per heavy atom. The number of amides is 1. The van der Waals surface area contributed by atoms with Gasteiger partial charge in [-0.05, 0) is 19.1 Å². The summed E-state index contributed by atoms with van der Waals surface area (Å²) >= 11 is 0. The van der Waals surface area contributed by atoms with Gasteiger partial charge in [0.15, 0.2) is 17.5 Å². The summed E-state index contributed by atoms with van der Waals surface area (Å²) in [7, 11) is 0. The number of aromatic nitrogens is 3. The highest BCUT2D eigenvalue weighted by atomic mass is 19.4. The van der Waals surface area contributed by atoms with E-state index >= 15 is 0 Å². The molecule has 0 bridgehead atoms. The first-order valence-electron chi connectivity index (χ1n) is 6.80. The number of nitrogens with one attached hydrogen (secondary N) is 2. The summed E-state index contributed by atoms with van der Waals surface area (Å²) in [5.74, 6) is -1.90. The molecule has 0 fully saturated rings. The number of nitrogens with zero attached hydrogens (tertiary/aromatic N) is 3. The average Bonchev–Trinajstić information content (AvgIpc) is 2.54. The SMILES string of the molecule is C[C@H](Nc1nc(-c2cccnc2)ncc1F)C(=O)NCC(F)(F)F. The van der Waals surface area contributed by atoms with E-state index in [0.717, 1.165) is 6.20 Å².